The highest BCUT2D eigenvalue weighted by Crippen LogP contribution is 2.59. The lowest BCUT2D eigenvalue weighted by atomic mass is 10.2. The zero-order valence-electron chi connectivity index (χ0n) is 18.5. The molecule has 0 nitrogen and oxygen atoms in total. The third kappa shape index (κ3) is 7.48. The van der Waals surface area contributed by atoms with Crippen LogP contribution in [0.2, 0.25) is 0 Å². The summed E-state index contributed by atoms with van der Waals surface area (Å²) in [6.45, 7) is 11.1. The molecule has 31 heavy (non-hydrogen) atoms. The zero-order valence-corrected chi connectivity index (χ0v) is 25.0. The zero-order chi connectivity index (χ0) is 22.4. The van der Waals surface area contributed by atoms with E-state index in [1.807, 2.05) is 94.1 Å². The van der Waals surface area contributed by atoms with Gasteiger partial charge in [0.05, 0.1) is 12.7 Å². The second-order valence-corrected chi connectivity index (χ2v) is 17.0. The monoisotopic (exact) mass is 560 g/mol. The molecule has 3 rings (SSSR count). The van der Waals surface area contributed by atoms with E-state index in [-0.39, 0.29) is 4.75 Å². The van der Waals surface area contributed by atoms with E-state index in [0.717, 1.165) is 17.9 Å². The van der Waals surface area contributed by atoms with Crippen LogP contribution in [0.25, 0.3) is 0 Å². The Balaban J connectivity index is 1.56. The van der Waals surface area contributed by atoms with Gasteiger partial charge in [-0.1, -0.05) is 90.9 Å². The van der Waals surface area contributed by atoms with Gasteiger partial charge < -0.3 is 0 Å². The molecular weight excluding hydrogens is 533 g/mol. The number of thioether (sulfide) groups is 8. The van der Waals surface area contributed by atoms with Gasteiger partial charge in [-0.2, -0.15) is 0 Å². The Bertz CT molecular complexity index is 893. The molecule has 2 aliphatic rings. The summed E-state index contributed by atoms with van der Waals surface area (Å²) in [5.41, 5.74) is 2.79. The number of benzene rings is 1. The summed E-state index contributed by atoms with van der Waals surface area (Å²) in [7, 11) is 0. The largest absolute Gasteiger partial charge is 0.146 e. The van der Waals surface area contributed by atoms with Gasteiger partial charge in [-0.3, -0.25) is 0 Å². The molecule has 0 N–H and O–H groups in total. The Morgan fingerprint density at radius 3 is 2.10 bits per heavy atom. The van der Waals surface area contributed by atoms with Crippen molar-refractivity contribution in [3.8, 4) is 0 Å². The van der Waals surface area contributed by atoms with Crippen LogP contribution in [-0.2, 0) is 11.5 Å². The molecule has 2 aliphatic heterocycles. The fourth-order valence-corrected chi connectivity index (χ4v) is 13.3. The molecule has 0 amide bonds. The first-order valence-electron chi connectivity index (χ1n) is 9.88. The molecule has 0 fully saturated rings. The van der Waals surface area contributed by atoms with Crippen molar-refractivity contribution < 1.29 is 0 Å². The quantitative estimate of drug-likeness (QED) is 0.273. The summed E-state index contributed by atoms with van der Waals surface area (Å²) in [6.07, 6.45) is 7.81. The Morgan fingerprint density at radius 2 is 1.48 bits per heavy atom. The first kappa shape index (κ1) is 26.6. The van der Waals surface area contributed by atoms with Gasteiger partial charge in [-0.15, -0.1) is 47.0 Å². The minimum Gasteiger partial charge on any atom is -0.146 e. The Hall–Kier alpha value is 0.980. The number of hydrogen-bond donors (Lipinski definition) is 0. The molecule has 1 aromatic rings. The van der Waals surface area contributed by atoms with E-state index in [2.05, 4.69) is 70.2 Å². The summed E-state index contributed by atoms with van der Waals surface area (Å²) < 4.78 is 7.03. The average Bonchev–Trinajstić information content (AvgIpc) is 3.35. The molecule has 0 bridgehead atoms. The van der Waals surface area contributed by atoms with Gasteiger partial charge in [0.15, 0.2) is 0 Å². The third-order valence-electron chi connectivity index (χ3n) is 4.44. The molecule has 0 saturated heterocycles. The van der Waals surface area contributed by atoms with Crippen LogP contribution < -0.4 is 0 Å². The molecule has 0 aliphatic carbocycles. The van der Waals surface area contributed by atoms with Crippen LogP contribution in [0.15, 0.2) is 63.0 Å². The summed E-state index contributed by atoms with van der Waals surface area (Å²) in [5, 5.41) is 0. The van der Waals surface area contributed by atoms with Crippen molar-refractivity contribution in [3.63, 3.8) is 0 Å². The molecule has 168 valence electrons. The Labute approximate surface area is 222 Å². The molecule has 8 heteroatoms. The van der Waals surface area contributed by atoms with E-state index in [1.54, 1.807) is 0 Å². The Kier molecular flexibility index (Phi) is 10.8. The maximum absolute atomic E-state index is 4.11. The van der Waals surface area contributed by atoms with Crippen LogP contribution in [-0.4, -0.2) is 17.3 Å². The van der Waals surface area contributed by atoms with Gasteiger partial charge in [-0.25, -0.2) is 0 Å². The van der Waals surface area contributed by atoms with Crippen molar-refractivity contribution in [2.75, 3.05) is 12.5 Å². The molecule has 1 aromatic carbocycles. The SMILES string of the molecule is C=C1SC(SC)=C(SCc2ccc(CSC(C)(C)C3=C(SC)S/C(=C/CC)S3)cc2)S1. The standard InChI is InChI=1S/C23H28S8/c1-7-8-18-30-19(20(24-5)31-18)23(3,4)27-14-17-11-9-16(10-12-17)13-26-22-21(25-6)28-15(2)29-22/h8-12H,2,7,13-14H2,1,3-6H3/b18-8+. The van der Waals surface area contributed by atoms with E-state index >= 15 is 0 Å². The molecule has 2 heterocycles. The number of rotatable bonds is 10. The molecular formula is C23H28S8. The molecule has 0 unspecified atom stereocenters. The second kappa shape index (κ2) is 12.6. The number of allylic oxidation sites excluding steroid dienone is 1. The average molecular weight is 561 g/mol. The van der Waals surface area contributed by atoms with Crippen LogP contribution in [0.4, 0.5) is 0 Å². The normalized spacial score (nSPS) is 18.7. The molecule has 0 radical (unpaired) electrons. The van der Waals surface area contributed by atoms with Crippen LogP contribution >= 0.6 is 94.1 Å². The molecule has 0 atom stereocenters. The predicted octanol–water partition coefficient (Wildman–Crippen LogP) is 10.6. The lowest BCUT2D eigenvalue weighted by molar-refractivity contribution is 0.883. The maximum Gasteiger partial charge on any atom is 0.0662 e. The lowest BCUT2D eigenvalue weighted by Crippen LogP contribution is -2.16. The van der Waals surface area contributed by atoms with Gasteiger partial charge in [0, 0.05) is 29.6 Å². The van der Waals surface area contributed by atoms with Crippen molar-refractivity contribution >= 4 is 94.1 Å². The highest BCUT2D eigenvalue weighted by molar-refractivity contribution is 8.40. The summed E-state index contributed by atoms with van der Waals surface area (Å²) in [6, 6.07) is 9.21. The van der Waals surface area contributed by atoms with Crippen molar-refractivity contribution in [2.45, 2.75) is 43.4 Å². The predicted molar refractivity (Wildman–Crippen MR) is 162 cm³/mol. The topological polar surface area (TPSA) is 0 Å². The minimum atomic E-state index is 0.119. The summed E-state index contributed by atoms with van der Waals surface area (Å²) >= 11 is 15.3. The first-order valence-corrected chi connectivity index (χ1v) is 17.6. The van der Waals surface area contributed by atoms with Crippen molar-refractivity contribution in [1.29, 1.82) is 0 Å². The van der Waals surface area contributed by atoms with Crippen molar-refractivity contribution in [1.82, 2.24) is 0 Å². The van der Waals surface area contributed by atoms with Crippen molar-refractivity contribution in [3.05, 3.63) is 74.1 Å². The van der Waals surface area contributed by atoms with E-state index in [9.17, 15) is 0 Å². The smallest absolute Gasteiger partial charge is 0.0662 e. The molecule has 0 spiro atoms. The summed E-state index contributed by atoms with van der Waals surface area (Å²) in [4.78, 5) is 1.52. The fraction of sp³-hybridized carbons (Fsp3) is 0.391. The van der Waals surface area contributed by atoms with Crippen molar-refractivity contribution in [2.24, 2.45) is 0 Å². The van der Waals surface area contributed by atoms with Gasteiger partial charge in [0.1, 0.15) is 0 Å². The first-order chi connectivity index (χ1) is 14.9. The van der Waals surface area contributed by atoms with E-state index in [4.69, 9.17) is 0 Å². The maximum atomic E-state index is 4.11. The van der Waals surface area contributed by atoms with E-state index < -0.39 is 0 Å². The van der Waals surface area contributed by atoms with Gasteiger partial charge in [0.25, 0.3) is 0 Å². The van der Waals surface area contributed by atoms with E-state index in [0.29, 0.717) is 0 Å². The molecule has 0 saturated carbocycles. The van der Waals surface area contributed by atoms with E-state index in [1.165, 1.54) is 37.2 Å². The van der Waals surface area contributed by atoms with Gasteiger partial charge in [0.2, 0.25) is 0 Å². The fourth-order valence-electron chi connectivity index (χ4n) is 2.79. The Morgan fingerprint density at radius 1 is 0.871 bits per heavy atom. The van der Waals surface area contributed by atoms with Gasteiger partial charge in [-0.05, 0) is 43.9 Å². The minimum absolute atomic E-state index is 0.119. The molecule has 0 aromatic heterocycles. The van der Waals surface area contributed by atoms with Crippen LogP contribution in [0.1, 0.15) is 38.3 Å². The highest BCUT2D eigenvalue weighted by Gasteiger charge is 2.33. The van der Waals surface area contributed by atoms with Gasteiger partial charge >= 0.3 is 0 Å². The number of hydrogen-bond acceptors (Lipinski definition) is 8. The van der Waals surface area contributed by atoms with Crippen LogP contribution in [0.3, 0.4) is 0 Å². The lowest BCUT2D eigenvalue weighted by Gasteiger charge is -2.26. The summed E-state index contributed by atoms with van der Waals surface area (Å²) in [5.74, 6) is 2.06. The van der Waals surface area contributed by atoms with Crippen LogP contribution in [0.5, 0.6) is 0 Å². The van der Waals surface area contributed by atoms with Crippen LogP contribution in [0, 0.1) is 0 Å². The third-order valence-corrected chi connectivity index (χ3v) is 15.2. The second-order valence-electron chi connectivity index (χ2n) is 7.22. The highest BCUT2D eigenvalue weighted by atomic mass is 32.3.